The van der Waals surface area contributed by atoms with E-state index in [0.29, 0.717) is 13.1 Å². The Labute approximate surface area is 141 Å². The van der Waals surface area contributed by atoms with E-state index in [1.165, 1.54) is 15.9 Å². The number of nitrogens with one attached hydrogen (secondary N) is 1. The lowest BCUT2D eigenvalue weighted by Crippen LogP contribution is -2.55. The van der Waals surface area contributed by atoms with Crippen LogP contribution in [0.3, 0.4) is 0 Å². The van der Waals surface area contributed by atoms with E-state index in [1.807, 2.05) is 44.2 Å². The highest BCUT2D eigenvalue weighted by Crippen LogP contribution is 2.17. The molecule has 1 aromatic rings. The van der Waals surface area contributed by atoms with Crippen LogP contribution in [-0.2, 0) is 9.59 Å². The Morgan fingerprint density at radius 1 is 1.04 bits per heavy atom. The Balaban J connectivity index is 2.17. The van der Waals surface area contributed by atoms with Gasteiger partial charge in [0.15, 0.2) is 5.11 Å². The molecule has 0 unspecified atom stereocenters. The van der Waals surface area contributed by atoms with Crippen molar-refractivity contribution in [3.63, 3.8) is 0 Å². The zero-order chi connectivity index (χ0) is 16.8. The van der Waals surface area contributed by atoms with Crippen LogP contribution >= 0.6 is 12.2 Å². The molecule has 2 amide bonds. The second-order valence-corrected chi connectivity index (χ2v) is 5.20. The van der Waals surface area contributed by atoms with Gasteiger partial charge in [0, 0.05) is 25.0 Å². The quantitative estimate of drug-likeness (QED) is 0.512. The van der Waals surface area contributed by atoms with Gasteiger partial charge in [-0.25, -0.2) is 0 Å². The number of carbonyl (C=O) groups excluding carboxylic acids is 2. The summed E-state index contributed by atoms with van der Waals surface area (Å²) in [6.45, 7) is 4.53. The molecule has 1 aliphatic rings. The highest BCUT2D eigenvalue weighted by molar-refractivity contribution is 7.80. The minimum Gasteiger partial charge on any atom is -0.362 e. The van der Waals surface area contributed by atoms with E-state index in [1.54, 1.807) is 12.3 Å². The van der Waals surface area contributed by atoms with Gasteiger partial charge < -0.3 is 5.32 Å². The molecule has 1 aliphatic heterocycles. The largest absolute Gasteiger partial charge is 0.362 e. The SMILES string of the molecule is CCN1C(=O)C(=CC=CNc2ccccc2)C(=O)N(CC)C1=S. The van der Waals surface area contributed by atoms with Crippen molar-refractivity contribution in [3.8, 4) is 0 Å². The lowest BCUT2D eigenvalue weighted by Gasteiger charge is -2.35. The van der Waals surface area contributed by atoms with E-state index in [0.717, 1.165) is 5.69 Å². The number of thiocarbonyl (C=S) groups is 1. The number of anilines is 1. The fourth-order valence-electron chi connectivity index (χ4n) is 2.23. The van der Waals surface area contributed by atoms with Crippen molar-refractivity contribution in [1.82, 2.24) is 9.80 Å². The van der Waals surface area contributed by atoms with Crippen molar-refractivity contribution in [2.45, 2.75) is 13.8 Å². The second kappa shape index (κ2) is 7.69. The summed E-state index contributed by atoms with van der Waals surface area (Å²) in [4.78, 5) is 27.6. The van der Waals surface area contributed by atoms with E-state index >= 15 is 0 Å². The minimum atomic E-state index is -0.350. The molecule has 6 heteroatoms. The van der Waals surface area contributed by atoms with Gasteiger partial charge in [0.25, 0.3) is 11.8 Å². The smallest absolute Gasteiger partial charge is 0.265 e. The molecular formula is C17H19N3O2S. The Kier molecular flexibility index (Phi) is 5.65. The summed E-state index contributed by atoms with van der Waals surface area (Å²) < 4.78 is 0. The van der Waals surface area contributed by atoms with E-state index in [4.69, 9.17) is 12.2 Å². The molecule has 5 nitrogen and oxygen atoms in total. The molecule has 0 aromatic heterocycles. The first-order valence-electron chi connectivity index (χ1n) is 7.46. The molecule has 23 heavy (non-hydrogen) atoms. The maximum Gasteiger partial charge on any atom is 0.265 e. The number of rotatable bonds is 5. The summed E-state index contributed by atoms with van der Waals surface area (Å²) in [6, 6.07) is 9.61. The van der Waals surface area contributed by atoms with E-state index in [9.17, 15) is 9.59 Å². The van der Waals surface area contributed by atoms with Gasteiger partial charge in [0.2, 0.25) is 0 Å². The number of para-hydroxylation sites is 1. The van der Waals surface area contributed by atoms with Crippen LogP contribution < -0.4 is 5.32 Å². The average Bonchev–Trinajstić information content (AvgIpc) is 2.56. The maximum atomic E-state index is 12.4. The molecule has 1 fully saturated rings. The molecular weight excluding hydrogens is 310 g/mol. The van der Waals surface area contributed by atoms with Gasteiger partial charge in [0.1, 0.15) is 5.57 Å². The minimum absolute atomic E-state index is 0.119. The van der Waals surface area contributed by atoms with E-state index < -0.39 is 0 Å². The fraction of sp³-hybridized carbons (Fsp3) is 0.235. The van der Waals surface area contributed by atoms with Gasteiger partial charge in [-0.15, -0.1) is 0 Å². The Hall–Kier alpha value is -2.47. The first kappa shape index (κ1) is 16.9. The predicted molar refractivity (Wildman–Crippen MR) is 94.7 cm³/mol. The Morgan fingerprint density at radius 3 is 2.13 bits per heavy atom. The van der Waals surface area contributed by atoms with Gasteiger partial charge >= 0.3 is 0 Å². The molecule has 1 heterocycles. The number of nitrogens with zero attached hydrogens (tertiary/aromatic N) is 2. The van der Waals surface area contributed by atoms with Crippen molar-refractivity contribution in [2.75, 3.05) is 18.4 Å². The molecule has 1 saturated heterocycles. The van der Waals surface area contributed by atoms with Crippen molar-refractivity contribution in [2.24, 2.45) is 0 Å². The van der Waals surface area contributed by atoms with Gasteiger partial charge in [-0.2, -0.15) is 0 Å². The summed E-state index contributed by atoms with van der Waals surface area (Å²) in [5, 5.41) is 3.34. The maximum absolute atomic E-state index is 12.4. The van der Waals surface area contributed by atoms with Gasteiger partial charge in [-0.05, 0) is 50.4 Å². The zero-order valence-electron chi connectivity index (χ0n) is 13.2. The molecule has 2 rings (SSSR count). The van der Waals surface area contributed by atoms with Crippen molar-refractivity contribution < 1.29 is 9.59 Å². The van der Waals surface area contributed by atoms with Crippen LogP contribution in [0.25, 0.3) is 0 Å². The summed E-state index contributed by atoms with van der Waals surface area (Å²) in [7, 11) is 0. The van der Waals surface area contributed by atoms with Crippen LogP contribution in [0, 0.1) is 0 Å². The van der Waals surface area contributed by atoms with Crippen molar-refractivity contribution in [1.29, 1.82) is 0 Å². The molecule has 1 aromatic carbocycles. The lowest BCUT2D eigenvalue weighted by molar-refractivity contribution is -0.133. The van der Waals surface area contributed by atoms with Crippen LogP contribution in [0.5, 0.6) is 0 Å². The van der Waals surface area contributed by atoms with Crippen LogP contribution in [0.2, 0.25) is 0 Å². The van der Waals surface area contributed by atoms with Gasteiger partial charge in [0.05, 0.1) is 0 Å². The third-order valence-electron chi connectivity index (χ3n) is 3.43. The Morgan fingerprint density at radius 2 is 1.61 bits per heavy atom. The number of allylic oxidation sites excluding steroid dienone is 2. The highest BCUT2D eigenvalue weighted by atomic mass is 32.1. The van der Waals surface area contributed by atoms with Crippen LogP contribution in [-0.4, -0.2) is 39.8 Å². The number of benzene rings is 1. The fourth-order valence-corrected chi connectivity index (χ4v) is 2.65. The van der Waals surface area contributed by atoms with E-state index in [-0.39, 0.29) is 22.5 Å². The van der Waals surface area contributed by atoms with Crippen LogP contribution in [0.4, 0.5) is 5.69 Å². The van der Waals surface area contributed by atoms with Crippen LogP contribution in [0.1, 0.15) is 13.8 Å². The molecule has 1 N–H and O–H groups in total. The highest BCUT2D eigenvalue weighted by Gasteiger charge is 2.37. The molecule has 0 radical (unpaired) electrons. The predicted octanol–water partition coefficient (Wildman–Crippen LogP) is 2.53. The second-order valence-electron chi connectivity index (χ2n) is 4.83. The summed E-state index contributed by atoms with van der Waals surface area (Å²) in [5.41, 5.74) is 1.04. The molecule has 0 bridgehead atoms. The average molecular weight is 329 g/mol. The molecule has 0 spiro atoms. The number of carbonyl (C=O) groups is 2. The summed E-state index contributed by atoms with van der Waals surface area (Å²) in [6.07, 6.45) is 4.85. The normalized spacial score (nSPS) is 15.6. The molecule has 120 valence electrons. The number of hydrogen-bond acceptors (Lipinski definition) is 4. The van der Waals surface area contributed by atoms with E-state index in [2.05, 4.69) is 5.32 Å². The number of likely N-dealkylation sites (N-methyl/N-ethyl adjacent to an activating group) is 2. The molecule has 0 saturated carbocycles. The Bertz CT molecular complexity index is 640. The first-order chi connectivity index (χ1) is 11.1. The molecule has 0 aliphatic carbocycles. The summed E-state index contributed by atoms with van der Waals surface area (Å²) in [5.74, 6) is -0.701. The van der Waals surface area contributed by atoms with Crippen LogP contribution in [0.15, 0.2) is 54.3 Å². The standard InChI is InChI=1S/C17H19N3O2S/c1-3-19-15(21)14(16(22)20(4-2)17(19)23)11-8-12-18-13-9-6-5-7-10-13/h5-12,18H,3-4H2,1-2H3. The van der Waals surface area contributed by atoms with Crippen molar-refractivity contribution >= 4 is 34.8 Å². The lowest BCUT2D eigenvalue weighted by atomic mass is 10.1. The topological polar surface area (TPSA) is 52.7 Å². The van der Waals surface area contributed by atoms with Gasteiger partial charge in [-0.1, -0.05) is 18.2 Å². The third-order valence-corrected chi connectivity index (χ3v) is 3.87. The third kappa shape index (κ3) is 3.65. The van der Waals surface area contributed by atoms with Crippen molar-refractivity contribution in [3.05, 3.63) is 54.3 Å². The number of amides is 2. The molecule has 0 atom stereocenters. The zero-order valence-corrected chi connectivity index (χ0v) is 14.0. The van der Waals surface area contributed by atoms with Gasteiger partial charge in [-0.3, -0.25) is 19.4 Å². The number of hydrogen-bond donors (Lipinski definition) is 1. The first-order valence-corrected chi connectivity index (χ1v) is 7.87. The monoisotopic (exact) mass is 329 g/mol. The summed E-state index contributed by atoms with van der Waals surface area (Å²) >= 11 is 5.21.